The van der Waals surface area contributed by atoms with Gasteiger partial charge in [-0.05, 0) is 25.5 Å². The zero-order valence-electron chi connectivity index (χ0n) is 14.1. The van der Waals surface area contributed by atoms with E-state index in [1.165, 1.54) is 0 Å². The van der Waals surface area contributed by atoms with Crippen LogP contribution in [0.5, 0.6) is 0 Å². The molecular formula is C17H22Cl2N4O. The number of anilines is 1. The molecule has 0 fully saturated rings. The summed E-state index contributed by atoms with van der Waals surface area (Å²) in [4.78, 5) is 20.8. The number of carbonyl (C=O) groups excluding carboxylic acids is 1. The van der Waals surface area contributed by atoms with Crippen molar-refractivity contribution in [2.75, 3.05) is 11.9 Å². The highest BCUT2D eigenvalue weighted by molar-refractivity contribution is 6.38. The third-order valence-electron chi connectivity index (χ3n) is 3.75. The lowest BCUT2D eigenvalue weighted by atomic mass is 10.2. The molecule has 0 spiro atoms. The van der Waals surface area contributed by atoms with Gasteiger partial charge in [0.2, 0.25) is 5.91 Å². The SMILES string of the molecule is CCc1nc(NCCC(=O)NC(C)CC)c2cc(Cl)cc(Cl)c2n1. The molecule has 2 aromatic rings. The molecule has 2 N–H and O–H groups in total. The lowest BCUT2D eigenvalue weighted by Crippen LogP contribution is -2.33. The number of nitrogens with zero attached hydrogens (tertiary/aromatic N) is 2. The van der Waals surface area contributed by atoms with Crippen molar-refractivity contribution in [3.63, 3.8) is 0 Å². The van der Waals surface area contributed by atoms with Crippen molar-refractivity contribution in [3.05, 3.63) is 28.0 Å². The number of rotatable bonds is 7. The molecule has 1 atom stereocenters. The molecule has 0 aliphatic heterocycles. The topological polar surface area (TPSA) is 66.9 Å². The van der Waals surface area contributed by atoms with Gasteiger partial charge in [0.15, 0.2) is 0 Å². The van der Waals surface area contributed by atoms with Gasteiger partial charge >= 0.3 is 0 Å². The van der Waals surface area contributed by atoms with Crippen LogP contribution in [0.15, 0.2) is 12.1 Å². The van der Waals surface area contributed by atoms with Crippen LogP contribution < -0.4 is 10.6 Å². The molecule has 1 unspecified atom stereocenters. The van der Waals surface area contributed by atoms with Gasteiger partial charge in [-0.3, -0.25) is 4.79 Å². The maximum Gasteiger partial charge on any atom is 0.221 e. The Kier molecular flexibility index (Phi) is 6.63. The quantitative estimate of drug-likeness (QED) is 0.767. The van der Waals surface area contributed by atoms with Crippen molar-refractivity contribution in [2.24, 2.45) is 0 Å². The molecule has 1 aromatic carbocycles. The molecule has 7 heteroatoms. The largest absolute Gasteiger partial charge is 0.369 e. The van der Waals surface area contributed by atoms with E-state index >= 15 is 0 Å². The summed E-state index contributed by atoms with van der Waals surface area (Å²) in [6.07, 6.45) is 1.97. The smallest absolute Gasteiger partial charge is 0.221 e. The van der Waals surface area contributed by atoms with Crippen LogP contribution in [-0.2, 0) is 11.2 Å². The van der Waals surface area contributed by atoms with E-state index in [0.29, 0.717) is 46.6 Å². The van der Waals surface area contributed by atoms with Gasteiger partial charge in [-0.1, -0.05) is 37.0 Å². The Bertz CT molecular complexity index is 736. The second-order valence-corrected chi connectivity index (χ2v) is 6.52. The summed E-state index contributed by atoms with van der Waals surface area (Å²) in [7, 11) is 0. The van der Waals surface area contributed by atoms with E-state index in [0.717, 1.165) is 11.8 Å². The van der Waals surface area contributed by atoms with E-state index in [9.17, 15) is 4.79 Å². The maximum atomic E-state index is 11.9. The number of amides is 1. The van der Waals surface area contributed by atoms with Crippen LogP contribution in [0, 0.1) is 0 Å². The van der Waals surface area contributed by atoms with Gasteiger partial charge in [-0.15, -0.1) is 0 Å². The molecule has 1 heterocycles. The minimum atomic E-state index is 0.0157. The fourth-order valence-electron chi connectivity index (χ4n) is 2.24. The lowest BCUT2D eigenvalue weighted by Gasteiger charge is -2.13. The predicted octanol–water partition coefficient (Wildman–Crippen LogP) is 4.22. The highest BCUT2D eigenvalue weighted by atomic mass is 35.5. The van der Waals surface area contributed by atoms with Crippen LogP contribution in [0.1, 0.15) is 39.4 Å². The summed E-state index contributed by atoms with van der Waals surface area (Å²) in [6.45, 7) is 6.48. The van der Waals surface area contributed by atoms with Gasteiger partial charge in [0.1, 0.15) is 11.6 Å². The van der Waals surface area contributed by atoms with Crippen molar-refractivity contribution in [3.8, 4) is 0 Å². The number of benzene rings is 1. The first-order valence-corrected chi connectivity index (χ1v) is 8.89. The Morgan fingerprint density at radius 2 is 2.00 bits per heavy atom. The van der Waals surface area contributed by atoms with Crippen molar-refractivity contribution >= 4 is 45.8 Å². The van der Waals surface area contributed by atoms with E-state index in [1.54, 1.807) is 12.1 Å². The molecule has 24 heavy (non-hydrogen) atoms. The molecule has 0 saturated heterocycles. The fraction of sp³-hybridized carbons (Fsp3) is 0.471. The summed E-state index contributed by atoms with van der Waals surface area (Å²) >= 11 is 12.3. The van der Waals surface area contributed by atoms with Crippen LogP contribution in [0.25, 0.3) is 10.9 Å². The van der Waals surface area contributed by atoms with Crippen LogP contribution in [-0.4, -0.2) is 28.5 Å². The third-order valence-corrected chi connectivity index (χ3v) is 4.25. The van der Waals surface area contributed by atoms with E-state index in [1.807, 2.05) is 20.8 Å². The molecule has 1 aromatic heterocycles. The zero-order valence-corrected chi connectivity index (χ0v) is 15.6. The van der Waals surface area contributed by atoms with Crippen LogP contribution in [0.2, 0.25) is 10.0 Å². The molecule has 5 nitrogen and oxygen atoms in total. The third kappa shape index (κ3) is 4.71. The van der Waals surface area contributed by atoms with Gasteiger partial charge in [0.05, 0.1) is 10.5 Å². The Labute approximate surface area is 152 Å². The van der Waals surface area contributed by atoms with Crippen molar-refractivity contribution in [1.29, 1.82) is 0 Å². The van der Waals surface area contributed by atoms with Crippen molar-refractivity contribution in [1.82, 2.24) is 15.3 Å². The first-order valence-electron chi connectivity index (χ1n) is 8.13. The molecule has 1 amide bonds. The first kappa shape index (κ1) is 18.7. The number of nitrogens with one attached hydrogen (secondary N) is 2. The average molecular weight is 369 g/mol. The summed E-state index contributed by atoms with van der Waals surface area (Å²) in [5.74, 6) is 1.36. The number of aromatic nitrogens is 2. The minimum Gasteiger partial charge on any atom is -0.369 e. The Hall–Kier alpha value is -1.59. The zero-order chi connectivity index (χ0) is 17.7. The Morgan fingerprint density at radius 1 is 1.25 bits per heavy atom. The van der Waals surface area contributed by atoms with Gasteiger partial charge in [-0.25, -0.2) is 9.97 Å². The second-order valence-electron chi connectivity index (χ2n) is 5.68. The van der Waals surface area contributed by atoms with Crippen molar-refractivity contribution in [2.45, 2.75) is 46.1 Å². The molecule has 130 valence electrons. The highest BCUT2D eigenvalue weighted by Crippen LogP contribution is 2.30. The summed E-state index contributed by atoms with van der Waals surface area (Å²) in [6, 6.07) is 3.63. The Morgan fingerprint density at radius 3 is 2.67 bits per heavy atom. The van der Waals surface area contributed by atoms with Gasteiger partial charge < -0.3 is 10.6 Å². The van der Waals surface area contributed by atoms with E-state index in [4.69, 9.17) is 23.2 Å². The van der Waals surface area contributed by atoms with E-state index < -0.39 is 0 Å². The number of hydrogen-bond acceptors (Lipinski definition) is 4. The predicted molar refractivity (Wildman–Crippen MR) is 99.9 cm³/mol. The number of hydrogen-bond donors (Lipinski definition) is 2. The monoisotopic (exact) mass is 368 g/mol. The van der Waals surface area contributed by atoms with Gasteiger partial charge in [0.25, 0.3) is 0 Å². The van der Waals surface area contributed by atoms with E-state index in [-0.39, 0.29) is 11.9 Å². The number of halogens is 2. The second kappa shape index (κ2) is 8.49. The average Bonchev–Trinajstić information content (AvgIpc) is 2.54. The summed E-state index contributed by atoms with van der Waals surface area (Å²) < 4.78 is 0. The minimum absolute atomic E-state index is 0.0157. The molecule has 0 radical (unpaired) electrons. The normalized spacial score (nSPS) is 12.2. The number of aryl methyl sites for hydroxylation is 1. The van der Waals surface area contributed by atoms with Crippen molar-refractivity contribution < 1.29 is 4.79 Å². The highest BCUT2D eigenvalue weighted by Gasteiger charge is 2.12. The molecular weight excluding hydrogens is 347 g/mol. The van der Waals surface area contributed by atoms with Crippen LogP contribution >= 0.6 is 23.2 Å². The van der Waals surface area contributed by atoms with Gasteiger partial charge in [-0.2, -0.15) is 0 Å². The standard InChI is InChI=1S/C17H22Cl2N4O/c1-4-10(3)21-15(24)6-7-20-17-12-8-11(18)9-13(19)16(12)22-14(5-2)23-17/h8-10H,4-7H2,1-3H3,(H,21,24)(H,20,22,23). The molecule has 0 saturated carbocycles. The Balaban J connectivity index is 2.17. The summed E-state index contributed by atoms with van der Waals surface area (Å²) in [5, 5.41) is 7.92. The molecule has 0 aliphatic rings. The number of fused-ring (bicyclic) bond motifs is 1. The fourth-order valence-corrected chi connectivity index (χ4v) is 2.78. The van der Waals surface area contributed by atoms with E-state index in [2.05, 4.69) is 20.6 Å². The molecule has 0 aliphatic carbocycles. The van der Waals surface area contributed by atoms with Crippen LogP contribution in [0.4, 0.5) is 5.82 Å². The summed E-state index contributed by atoms with van der Waals surface area (Å²) in [5.41, 5.74) is 0.666. The van der Waals surface area contributed by atoms with Gasteiger partial charge in [0, 0.05) is 35.8 Å². The molecule has 0 bridgehead atoms. The molecule has 2 rings (SSSR count). The maximum absolute atomic E-state index is 11.9. The first-order chi connectivity index (χ1) is 11.4. The van der Waals surface area contributed by atoms with Crippen LogP contribution in [0.3, 0.4) is 0 Å². The number of carbonyl (C=O) groups is 1. The lowest BCUT2D eigenvalue weighted by molar-refractivity contribution is -0.121.